The Bertz CT molecular complexity index is 1350. The molecule has 2 aliphatic heterocycles. The number of likely N-dealkylation sites (tertiary alicyclic amines) is 2. The standard InChI is InChI=1S/C25H28Cl4N4O5S.H2S/c1-25(36,14-7-15(26)9-16(27)8-14)24(35)32-5-3-19(4-6-32)33-12-18(13-33)30-17-10-20(28)22(21(29)11-17)23(34)31-39(2,37)38;/h7-11,18-19,30,36H,3-6,12-13H2,1-2H3,(H,31,34);1H2/t25-;/m0./s1. The Labute approximate surface area is 260 Å². The summed E-state index contributed by atoms with van der Waals surface area (Å²) in [4.78, 5) is 29.3. The second kappa shape index (κ2) is 12.8. The van der Waals surface area contributed by atoms with Gasteiger partial charge in [0.15, 0.2) is 5.60 Å². The average molecular weight is 672 g/mol. The van der Waals surface area contributed by atoms with E-state index in [4.69, 9.17) is 46.4 Å². The van der Waals surface area contributed by atoms with Crippen LogP contribution in [0.25, 0.3) is 0 Å². The largest absolute Gasteiger partial charge is 0.380 e. The van der Waals surface area contributed by atoms with Crippen LogP contribution < -0.4 is 10.0 Å². The maximum absolute atomic E-state index is 13.1. The molecule has 2 saturated heterocycles. The van der Waals surface area contributed by atoms with Crippen LogP contribution in [-0.4, -0.2) is 79.7 Å². The number of hydrogen-bond donors (Lipinski definition) is 3. The molecule has 2 aliphatic rings. The number of halogens is 4. The van der Waals surface area contributed by atoms with Gasteiger partial charge in [0.1, 0.15) is 0 Å². The van der Waals surface area contributed by atoms with Gasteiger partial charge >= 0.3 is 0 Å². The first-order valence-corrected chi connectivity index (χ1v) is 15.5. The third-order valence-electron chi connectivity index (χ3n) is 6.94. The Hall–Kier alpha value is -1.44. The van der Waals surface area contributed by atoms with Crippen LogP contribution in [0, 0.1) is 0 Å². The Kier molecular flexibility index (Phi) is 10.6. The minimum Gasteiger partial charge on any atom is -0.380 e. The highest BCUT2D eigenvalue weighted by Crippen LogP contribution is 2.33. The molecule has 2 heterocycles. The zero-order chi connectivity index (χ0) is 28.7. The van der Waals surface area contributed by atoms with E-state index < -0.39 is 21.5 Å². The molecule has 2 aromatic rings. The number of anilines is 1. The van der Waals surface area contributed by atoms with Crippen molar-refractivity contribution in [2.75, 3.05) is 37.8 Å². The minimum atomic E-state index is -3.76. The van der Waals surface area contributed by atoms with Crippen LogP contribution in [0.2, 0.25) is 20.1 Å². The topological polar surface area (TPSA) is 119 Å². The van der Waals surface area contributed by atoms with Crippen molar-refractivity contribution in [2.45, 2.75) is 37.5 Å². The molecule has 0 radical (unpaired) electrons. The van der Waals surface area contributed by atoms with E-state index in [0.717, 1.165) is 32.2 Å². The van der Waals surface area contributed by atoms with Gasteiger partial charge in [0.05, 0.1) is 27.9 Å². The van der Waals surface area contributed by atoms with Gasteiger partial charge in [-0.1, -0.05) is 46.4 Å². The Balaban J connectivity index is 0.00000441. The van der Waals surface area contributed by atoms with Gasteiger partial charge in [-0.2, -0.15) is 13.5 Å². The van der Waals surface area contributed by atoms with Crippen molar-refractivity contribution in [2.24, 2.45) is 0 Å². The van der Waals surface area contributed by atoms with Crippen LogP contribution in [0.5, 0.6) is 0 Å². The third-order valence-corrected chi connectivity index (χ3v) is 8.53. The molecular weight excluding hydrogens is 642 g/mol. The second-order valence-electron chi connectivity index (χ2n) is 10.1. The maximum atomic E-state index is 13.1. The molecular formula is C25H30Cl4N4O5S2. The summed E-state index contributed by atoms with van der Waals surface area (Å²) in [5.41, 5.74) is -0.873. The molecule has 0 aliphatic carbocycles. The molecule has 0 aromatic heterocycles. The number of carbonyl (C=O) groups excluding carboxylic acids is 2. The summed E-state index contributed by atoms with van der Waals surface area (Å²) in [5, 5.41) is 15.1. The van der Waals surface area contributed by atoms with Gasteiger partial charge in [0.2, 0.25) is 10.0 Å². The molecule has 0 spiro atoms. The minimum absolute atomic E-state index is 0. The molecule has 2 fully saturated rings. The van der Waals surface area contributed by atoms with Crippen LogP contribution in [0.15, 0.2) is 30.3 Å². The summed E-state index contributed by atoms with van der Waals surface area (Å²) in [6.07, 6.45) is 2.41. The predicted octanol–water partition coefficient (Wildman–Crippen LogP) is 4.10. The molecule has 9 nitrogen and oxygen atoms in total. The number of nitrogens with one attached hydrogen (secondary N) is 2. The van der Waals surface area contributed by atoms with Gasteiger partial charge < -0.3 is 15.3 Å². The van der Waals surface area contributed by atoms with E-state index >= 15 is 0 Å². The lowest BCUT2D eigenvalue weighted by Crippen LogP contribution is -2.61. The number of aliphatic hydroxyl groups is 1. The molecule has 2 amide bonds. The third kappa shape index (κ3) is 7.69. The normalized spacial score (nSPS) is 18.3. The summed E-state index contributed by atoms with van der Waals surface area (Å²) in [7, 11) is -3.76. The molecule has 40 heavy (non-hydrogen) atoms. The first-order valence-electron chi connectivity index (χ1n) is 12.1. The van der Waals surface area contributed by atoms with Gasteiger partial charge in [-0.25, -0.2) is 13.1 Å². The molecule has 1 atom stereocenters. The van der Waals surface area contributed by atoms with Crippen molar-refractivity contribution in [1.82, 2.24) is 14.5 Å². The molecule has 15 heteroatoms. The summed E-state index contributed by atoms with van der Waals surface area (Å²) in [5.74, 6) is -1.28. The number of sulfonamides is 1. The van der Waals surface area contributed by atoms with Crippen molar-refractivity contribution >= 4 is 87.4 Å². The van der Waals surface area contributed by atoms with Crippen molar-refractivity contribution < 1.29 is 23.1 Å². The zero-order valence-corrected chi connectivity index (χ0v) is 26.5. The first-order chi connectivity index (χ1) is 18.1. The number of rotatable bonds is 7. The van der Waals surface area contributed by atoms with Crippen molar-refractivity contribution in [1.29, 1.82) is 0 Å². The van der Waals surface area contributed by atoms with Crippen LogP contribution in [-0.2, 0) is 20.4 Å². The SMILES string of the molecule is C[C@@](O)(C(=O)N1CCC(N2CC(Nc3cc(Cl)c(C(=O)NS(C)(=O)=O)c(Cl)c3)C2)CC1)c1cc(Cl)cc(Cl)c1.S. The van der Waals surface area contributed by atoms with E-state index in [1.54, 1.807) is 23.1 Å². The highest BCUT2D eigenvalue weighted by Gasteiger charge is 2.40. The molecule has 2 aromatic carbocycles. The Morgan fingerprint density at radius 3 is 2.00 bits per heavy atom. The monoisotopic (exact) mass is 670 g/mol. The Morgan fingerprint density at radius 1 is 0.975 bits per heavy atom. The number of piperidine rings is 1. The molecule has 220 valence electrons. The van der Waals surface area contributed by atoms with Crippen molar-refractivity contribution in [3.8, 4) is 0 Å². The van der Waals surface area contributed by atoms with Crippen LogP contribution >= 0.6 is 59.9 Å². The van der Waals surface area contributed by atoms with Gasteiger partial charge in [0, 0.05) is 48.0 Å². The van der Waals surface area contributed by atoms with E-state index in [9.17, 15) is 23.1 Å². The summed E-state index contributed by atoms with van der Waals surface area (Å²) >= 11 is 24.6. The van der Waals surface area contributed by atoms with Crippen LogP contribution in [0.1, 0.15) is 35.7 Å². The van der Waals surface area contributed by atoms with E-state index in [1.165, 1.54) is 19.1 Å². The van der Waals surface area contributed by atoms with E-state index in [1.807, 2.05) is 4.72 Å². The summed E-state index contributed by atoms with van der Waals surface area (Å²) in [6.45, 7) is 4.03. The number of benzene rings is 2. The highest BCUT2D eigenvalue weighted by molar-refractivity contribution is 7.89. The van der Waals surface area contributed by atoms with Crippen LogP contribution in [0.4, 0.5) is 5.69 Å². The molecule has 3 N–H and O–H groups in total. The van der Waals surface area contributed by atoms with E-state index in [-0.39, 0.29) is 41.1 Å². The highest BCUT2D eigenvalue weighted by atomic mass is 35.5. The van der Waals surface area contributed by atoms with Gasteiger partial charge in [-0.05, 0) is 55.7 Å². The summed E-state index contributed by atoms with van der Waals surface area (Å²) < 4.78 is 24.6. The Morgan fingerprint density at radius 2 is 1.50 bits per heavy atom. The fraction of sp³-hybridized carbons (Fsp3) is 0.440. The van der Waals surface area contributed by atoms with E-state index in [2.05, 4.69) is 10.2 Å². The molecule has 0 unspecified atom stereocenters. The van der Waals surface area contributed by atoms with Crippen molar-refractivity contribution in [3.05, 3.63) is 61.5 Å². The number of hydrogen-bond acceptors (Lipinski definition) is 7. The molecule has 4 rings (SSSR count). The fourth-order valence-electron chi connectivity index (χ4n) is 4.93. The fourth-order valence-corrected chi connectivity index (χ4v) is 6.55. The quantitative estimate of drug-likeness (QED) is 0.406. The summed E-state index contributed by atoms with van der Waals surface area (Å²) in [6, 6.07) is 8.14. The van der Waals surface area contributed by atoms with Gasteiger partial charge in [0.25, 0.3) is 11.8 Å². The van der Waals surface area contributed by atoms with Gasteiger partial charge in [-0.3, -0.25) is 14.5 Å². The number of carbonyl (C=O) groups is 2. The molecule has 0 bridgehead atoms. The lowest BCUT2D eigenvalue weighted by atomic mass is 9.92. The van der Waals surface area contributed by atoms with E-state index in [0.29, 0.717) is 40.4 Å². The maximum Gasteiger partial charge on any atom is 0.267 e. The first kappa shape index (κ1) is 33.1. The lowest BCUT2D eigenvalue weighted by molar-refractivity contribution is -0.152. The number of nitrogens with zero attached hydrogens (tertiary/aromatic N) is 2. The number of amides is 2. The smallest absolute Gasteiger partial charge is 0.267 e. The van der Waals surface area contributed by atoms with Gasteiger partial charge in [-0.15, -0.1) is 0 Å². The van der Waals surface area contributed by atoms with Crippen LogP contribution in [0.3, 0.4) is 0 Å². The molecule has 0 saturated carbocycles. The van der Waals surface area contributed by atoms with Crippen molar-refractivity contribution in [3.63, 3.8) is 0 Å². The average Bonchev–Trinajstić information content (AvgIpc) is 2.78. The lowest BCUT2D eigenvalue weighted by Gasteiger charge is -2.48. The second-order valence-corrected chi connectivity index (χ2v) is 13.5. The predicted molar refractivity (Wildman–Crippen MR) is 164 cm³/mol. The zero-order valence-electron chi connectivity index (χ0n) is 21.7.